The summed E-state index contributed by atoms with van der Waals surface area (Å²) in [6.45, 7) is 5.90. The fourth-order valence-electron chi connectivity index (χ4n) is 1.54. The summed E-state index contributed by atoms with van der Waals surface area (Å²) >= 11 is 6.14. The van der Waals surface area contributed by atoms with Crippen LogP contribution in [0.2, 0.25) is 5.15 Å². The Kier molecular flexibility index (Phi) is 3.90. The van der Waals surface area contributed by atoms with Gasteiger partial charge in [-0.05, 0) is 19.1 Å². The van der Waals surface area contributed by atoms with Gasteiger partial charge in [0, 0.05) is 11.0 Å². The van der Waals surface area contributed by atoms with Crippen molar-refractivity contribution in [1.82, 2.24) is 9.97 Å². The van der Waals surface area contributed by atoms with Crippen LogP contribution in [0.5, 0.6) is 0 Å². The number of hydrogen-bond acceptors (Lipinski definition) is 2. The molecule has 2 nitrogen and oxygen atoms in total. The fourth-order valence-corrected chi connectivity index (χ4v) is 1.78. The van der Waals surface area contributed by atoms with Gasteiger partial charge < -0.3 is 0 Å². The molecule has 1 aromatic carbocycles. The van der Waals surface area contributed by atoms with E-state index in [2.05, 4.69) is 16.5 Å². The van der Waals surface area contributed by atoms with E-state index in [1.54, 1.807) is 0 Å². The van der Waals surface area contributed by atoms with Crippen molar-refractivity contribution in [1.29, 1.82) is 0 Å². The monoisotopic (exact) mass is 256 g/mol. The second-order valence-electron chi connectivity index (χ2n) is 3.77. The number of fused-ring (bicyclic) bond motifs is 1. The van der Waals surface area contributed by atoms with Crippen molar-refractivity contribution in [3.63, 3.8) is 0 Å². The Morgan fingerprint density at radius 2 is 2.00 bits per heavy atom. The van der Waals surface area contributed by atoms with E-state index in [-0.39, 0.29) is 0 Å². The number of allylic oxidation sites excluding steroid dienone is 5. The van der Waals surface area contributed by atoms with E-state index in [1.807, 2.05) is 55.5 Å². The lowest BCUT2D eigenvalue weighted by atomic mass is 10.2. The van der Waals surface area contributed by atoms with Gasteiger partial charge in [0.2, 0.25) is 0 Å². The van der Waals surface area contributed by atoms with Crippen LogP contribution < -0.4 is 0 Å². The molecule has 18 heavy (non-hydrogen) atoms. The summed E-state index contributed by atoms with van der Waals surface area (Å²) in [5.74, 6) is 0.555. The lowest BCUT2D eigenvalue weighted by Gasteiger charge is -2.03. The molecule has 0 aliphatic carbocycles. The molecular formula is C15H13ClN2. The Hall–Kier alpha value is -1.93. The van der Waals surface area contributed by atoms with E-state index in [9.17, 15) is 0 Å². The molecule has 1 aromatic heterocycles. The van der Waals surface area contributed by atoms with Crippen molar-refractivity contribution in [3.05, 3.63) is 66.1 Å². The van der Waals surface area contributed by atoms with Gasteiger partial charge in [0.1, 0.15) is 5.15 Å². The molecule has 2 aromatic rings. The third kappa shape index (κ3) is 2.66. The van der Waals surface area contributed by atoms with Gasteiger partial charge in [0.15, 0.2) is 5.82 Å². The molecule has 0 spiro atoms. The first kappa shape index (κ1) is 12.5. The number of hydrogen-bond donors (Lipinski definition) is 0. The highest BCUT2D eigenvalue weighted by Crippen LogP contribution is 2.22. The van der Waals surface area contributed by atoms with Crippen LogP contribution in [0.4, 0.5) is 0 Å². The predicted octanol–water partition coefficient (Wildman–Crippen LogP) is 4.43. The molecule has 0 bridgehead atoms. The molecule has 2 rings (SSSR count). The predicted molar refractivity (Wildman–Crippen MR) is 77.5 cm³/mol. The fraction of sp³-hybridized carbons (Fsp3) is 0.0667. The van der Waals surface area contributed by atoms with E-state index >= 15 is 0 Å². The molecular weight excluding hydrogens is 244 g/mol. The molecule has 0 aliphatic heterocycles. The largest absolute Gasteiger partial charge is 0.228 e. The summed E-state index contributed by atoms with van der Waals surface area (Å²) in [6.07, 6.45) is 7.63. The van der Waals surface area contributed by atoms with Gasteiger partial charge in [0.05, 0.1) is 5.52 Å². The Bertz CT molecular complexity index is 642. The zero-order valence-electron chi connectivity index (χ0n) is 10.1. The Labute approximate surface area is 111 Å². The first-order valence-corrected chi connectivity index (χ1v) is 6.01. The second-order valence-corrected chi connectivity index (χ2v) is 4.12. The van der Waals surface area contributed by atoms with Gasteiger partial charge in [-0.1, -0.05) is 54.6 Å². The van der Waals surface area contributed by atoms with Gasteiger partial charge in [-0.25, -0.2) is 9.97 Å². The number of halogens is 1. The number of benzene rings is 1. The third-order valence-electron chi connectivity index (χ3n) is 2.44. The van der Waals surface area contributed by atoms with Crippen LogP contribution >= 0.6 is 11.6 Å². The van der Waals surface area contributed by atoms with Crippen LogP contribution in [0, 0.1) is 0 Å². The van der Waals surface area contributed by atoms with Gasteiger partial charge >= 0.3 is 0 Å². The lowest BCUT2D eigenvalue weighted by Crippen LogP contribution is -1.93. The van der Waals surface area contributed by atoms with Gasteiger partial charge in [0.25, 0.3) is 0 Å². The maximum absolute atomic E-state index is 6.14. The molecule has 0 amide bonds. The molecule has 1 heterocycles. The van der Waals surface area contributed by atoms with Crippen molar-refractivity contribution in [2.45, 2.75) is 6.92 Å². The van der Waals surface area contributed by atoms with E-state index in [0.29, 0.717) is 11.0 Å². The first-order valence-electron chi connectivity index (χ1n) is 5.63. The van der Waals surface area contributed by atoms with Crippen molar-refractivity contribution < 1.29 is 0 Å². The standard InChI is InChI=1S/C15H13ClN2/c1-3-4-5-8-11(2)15-17-13-10-7-6-9-12(13)14(16)18-15/h3-10H,2H2,1H3/b4-3-,8-5-. The van der Waals surface area contributed by atoms with Crippen LogP contribution in [0.3, 0.4) is 0 Å². The highest BCUT2D eigenvalue weighted by Gasteiger charge is 2.06. The number of nitrogens with zero attached hydrogens (tertiary/aromatic N) is 2. The number of aromatic nitrogens is 2. The van der Waals surface area contributed by atoms with Crippen molar-refractivity contribution >= 4 is 28.1 Å². The Balaban J connectivity index is 2.43. The summed E-state index contributed by atoms with van der Waals surface area (Å²) in [5, 5.41) is 1.31. The number of rotatable bonds is 3. The highest BCUT2D eigenvalue weighted by molar-refractivity contribution is 6.34. The smallest absolute Gasteiger partial charge is 0.160 e. The molecule has 0 unspecified atom stereocenters. The molecule has 0 saturated carbocycles. The van der Waals surface area contributed by atoms with E-state index in [1.165, 1.54) is 0 Å². The minimum absolute atomic E-state index is 0.455. The molecule has 3 heteroatoms. The minimum atomic E-state index is 0.455. The summed E-state index contributed by atoms with van der Waals surface area (Å²) < 4.78 is 0. The minimum Gasteiger partial charge on any atom is -0.228 e. The first-order chi connectivity index (χ1) is 8.72. The maximum atomic E-state index is 6.14. The summed E-state index contributed by atoms with van der Waals surface area (Å²) in [6, 6.07) is 7.65. The zero-order chi connectivity index (χ0) is 13.0. The molecule has 0 radical (unpaired) electrons. The summed E-state index contributed by atoms with van der Waals surface area (Å²) in [7, 11) is 0. The van der Waals surface area contributed by atoms with Gasteiger partial charge in [-0.3, -0.25) is 0 Å². The molecule has 0 aliphatic rings. The molecule has 0 fully saturated rings. The Morgan fingerprint density at radius 1 is 1.22 bits per heavy atom. The molecule has 0 saturated heterocycles. The van der Waals surface area contributed by atoms with Crippen molar-refractivity contribution in [2.75, 3.05) is 0 Å². The van der Waals surface area contributed by atoms with Gasteiger partial charge in [-0.2, -0.15) is 0 Å². The lowest BCUT2D eigenvalue weighted by molar-refractivity contribution is 1.17. The normalized spacial score (nSPS) is 11.7. The quantitative estimate of drug-likeness (QED) is 0.600. The summed E-state index contributed by atoms with van der Waals surface area (Å²) in [5.41, 5.74) is 1.56. The topological polar surface area (TPSA) is 25.8 Å². The van der Waals surface area contributed by atoms with E-state index in [4.69, 9.17) is 11.6 Å². The Morgan fingerprint density at radius 3 is 2.78 bits per heavy atom. The van der Waals surface area contributed by atoms with Crippen LogP contribution in [0.25, 0.3) is 16.5 Å². The van der Waals surface area contributed by atoms with E-state index < -0.39 is 0 Å². The average molecular weight is 257 g/mol. The second kappa shape index (κ2) is 5.61. The highest BCUT2D eigenvalue weighted by atomic mass is 35.5. The molecule has 90 valence electrons. The maximum Gasteiger partial charge on any atom is 0.160 e. The van der Waals surface area contributed by atoms with Crippen LogP contribution in [-0.2, 0) is 0 Å². The SMILES string of the molecule is C=C(/C=C\C=C/C)c1nc(Cl)c2ccccc2n1. The molecule has 0 atom stereocenters. The van der Waals surface area contributed by atoms with Gasteiger partial charge in [-0.15, -0.1) is 0 Å². The molecule has 0 N–H and O–H groups in total. The van der Waals surface area contributed by atoms with Crippen molar-refractivity contribution in [3.8, 4) is 0 Å². The van der Waals surface area contributed by atoms with E-state index in [0.717, 1.165) is 16.5 Å². The van der Waals surface area contributed by atoms with Crippen molar-refractivity contribution in [2.24, 2.45) is 0 Å². The zero-order valence-corrected chi connectivity index (χ0v) is 10.9. The summed E-state index contributed by atoms with van der Waals surface area (Å²) in [4.78, 5) is 8.70. The van der Waals surface area contributed by atoms with Crippen LogP contribution in [0.15, 0.2) is 55.1 Å². The van der Waals surface area contributed by atoms with Crippen LogP contribution in [-0.4, -0.2) is 9.97 Å². The number of para-hydroxylation sites is 1. The third-order valence-corrected chi connectivity index (χ3v) is 2.73. The average Bonchev–Trinajstić information content (AvgIpc) is 2.39. The van der Waals surface area contributed by atoms with Crippen LogP contribution in [0.1, 0.15) is 12.7 Å².